The zero-order valence-corrected chi connectivity index (χ0v) is 10.3. The minimum atomic E-state index is -0.225. The van der Waals surface area contributed by atoms with Gasteiger partial charge < -0.3 is 13.3 Å². The summed E-state index contributed by atoms with van der Waals surface area (Å²) in [6.07, 6.45) is 1.05. The minimum Gasteiger partial charge on any atom is -1.00 e. The molecule has 0 aliphatic heterocycles. The molecule has 74 valence electrons. The second-order valence-electron chi connectivity index (χ2n) is 2.68. The first-order valence-electron chi connectivity index (χ1n) is 4.28. The van der Waals surface area contributed by atoms with Crippen LogP contribution < -0.4 is 10.5 Å². The summed E-state index contributed by atoms with van der Waals surface area (Å²) in [5.74, 6) is 0.362. The van der Waals surface area contributed by atoms with Crippen molar-refractivity contribution in [2.24, 2.45) is 5.73 Å². The Morgan fingerprint density at radius 2 is 2.00 bits per heavy atom. The summed E-state index contributed by atoms with van der Waals surface area (Å²) in [7, 11) is 0. The topological polar surface area (TPSA) is 52.3 Å². The Kier molecular flexibility index (Phi) is 8.18. The van der Waals surface area contributed by atoms with Gasteiger partial charge in [0, 0.05) is 6.42 Å². The zero-order valence-electron chi connectivity index (χ0n) is 10.1. The van der Waals surface area contributed by atoms with Gasteiger partial charge in [0.05, 0.1) is 0 Å². The fraction of sp³-hybridized carbons (Fsp3) is 0.300. The number of rotatable bonds is 4. The summed E-state index contributed by atoms with van der Waals surface area (Å²) in [6.45, 7) is 0.518. The maximum atomic E-state index is 11.1. The van der Waals surface area contributed by atoms with Crippen LogP contribution in [-0.4, -0.2) is 50.3 Å². The average Bonchev–Trinajstić information content (AvgIpc) is 2.16. The molecule has 0 aliphatic rings. The molecule has 0 saturated heterocycles. The molecule has 0 fully saturated rings. The van der Waals surface area contributed by atoms with Gasteiger partial charge in [0.25, 0.3) is 0 Å². The van der Waals surface area contributed by atoms with Crippen LogP contribution in [0.25, 0.3) is 0 Å². The van der Waals surface area contributed by atoms with Crippen LogP contribution in [0.5, 0.6) is 5.75 Å². The number of carbonyl (C=O) groups excluding carboxylic acids is 1. The predicted molar refractivity (Wildman–Crippen MR) is 58.3 cm³/mol. The monoisotopic (exact) mass is 221 g/mol. The van der Waals surface area contributed by atoms with Crippen molar-refractivity contribution in [3.8, 4) is 5.75 Å². The van der Waals surface area contributed by atoms with E-state index in [9.17, 15) is 4.79 Å². The van der Waals surface area contributed by atoms with E-state index in [0.717, 1.165) is 0 Å². The molecule has 2 N–H and O–H groups in total. The second kappa shape index (κ2) is 8.24. The summed E-state index contributed by atoms with van der Waals surface area (Å²) < 4.78 is 5.02. The van der Waals surface area contributed by atoms with Gasteiger partial charge in [0.2, 0.25) is 0 Å². The molecule has 1 rings (SSSR count). The first-order valence-corrected chi connectivity index (χ1v) is 4.28. The molecule has 0 aromatic heterocycles. The third kappa shape index (κ3) is 5.60. The van der Waals surface area contributed by atoms with Gasteiger partial charge in [-0.05, 0) is 25.1 Å². The van der Waals surface area contributed by atoms with Crippen LogP contribution in [0.1, 0.15) is 15.7 Å². The first-order chi connectivity index (χ1) is 6.33. The fourth-order valence-electron chi connectivity index (χ4n) is 0.917. The fourth-order valence-corrected chi connectivity index (χ4v) is 0.917. The number of nitrogens with two attached hydrogens (primary N) is 1. The predicted octanol–water partition coefficient (Wildman–Crippen LogP) is 1.18. The molecule has 3 nitrogen and oxygen atoms in total. The minimum absolute atomic E-state index is 0. The number of hydrogen-bond donors (Lipinski definition) is 1. The van der Waals surface area contributed by atoms with Crippen molar-refractivity contribution >= 4 is 43.7 Å². The molecule has 0 radical (unpaired) electrons. The molecule has 4 heteroatoms. The molecular formula is C10H15CaNO2. The van der Waals surface area contributed by atoms with Crippen LogP contribution in [0.15, 0.2) is 30.3 Å². The van der Waals surface area contributed by atoms with Crippen molar-refractivity contribution in [3.63, 3.8) is 0 Å². The Balaban J connectivity index is -0.000000563. The van der Waals surface area contributed by atoms with Crippen molar-refractivity contribution < 1.29 is 12.4 Å². The maximum absolute atomic E-state index is 11.1. The molecule has 0 aliphatic carbocycles. The van der Waals surface area contributed by atoms with Crippen LogP contribution in [-0.2, 0) is 4.79 Å². The Morgan fingerprint density at radius 3 is 2.57 bits per heavy atom. The second-order valence-corrected chi connectivity index (χ2v) is 2.68. The van der Waals surface area contributed by atoms with Crippen LogP contribution in [0, 0.1) is 0 Å². The standard InChI is InChI=1S/C10H13NO2.Ca.2H/c11-8-4-7-10(12)13-9-5-2-1-3-6-9;;;/h1-3,5-6H,4,7-8,11H2;;;/q;+2;2*-1. The molecule has 1 aromatic carbocycles. The Morgan fingerprint density at radius 1 is 1.36 bits per heavy atom. The summed E-state index contributed by atoms with van der Waals surface area (Å²) in [5, 5.41) is 0. The van der Waals surface area contributed by atoms with Crippen molar-refractivity contribution in [1.29, 1.82) is 0 Å². The molecule has 0 spiro atoms. The van der Waals surface area contributed by atoms with Gasteiger partial charge in [-0.25, -0.2) is 0 Å². The average molecular weight is 221 g/mol. The van der Waals surface area contributed by atoms with Gasteiger partial charge in [-0.3, -0.25) is 4.79 Å². The first kappa shape index (κ1) is 13.9. The van der Waals surface area contributed by atoms with Crippen LogP contribution in [0.2, 0.25) is 0 Å². The van der Waals surface area contributed by atoms with Gasteiger partial charge in [-0.15, -0.1) is 0 Å². The molecule has 0 saturated carbocycles. The van der Waals surface area contributed by atoms with Gasteiger partial charge in [0.1, 0.15) is 5.75 Å². The van der Waals surface area contributed by atoms with E-state index >= 15 is 0 Å². The Labute approximate surface area is 117 Å². The van der Waals surface area contributed by atoms with Crippen LogP contribution >= 0.6 is 0 Å². The summed E-state index contributed by atoms with van der Waals surface area (Å²) >= 11 is 0. The quantitative estimate of drug-likeness (QED) is 0.472. The number of esters is 1. The smallest absolute Gasteiger partial charge is 1.00 e. The number of ether oxygens (including phenoxy) is 1. The molecular weight excluding hydrogens is 206 g/mol. The number of hydrogen-bond acceptors (Lipinski definition) is 3. The molecule has 14 heavy (non-hydrogen) atoms. The van der Waals surface area contributed by atoms with E-state index in [4.69, 9.17) is 10.5 Å². The SMILES string of the molecule is NCCCC(=O)Oc1ccccc1.[Ca+2].[H-].[H-]. The number of benzene rings is 1. The third-order valence-electron chi connectivity index (χ3n) is 1.56. The van der Waals surface area contributed by atoms with E-state index in [-0.39, 0.29) is 46.6 Å². The molecule has 0 unspecified atom stereocenters. The van der Waals surface area contributed by atoms with Crippen LogP contribution in [0.3, 0.4) is 0 Å². The number of para-hydroxylation sites is 1. The van der Waals surface area contributed by atoms with Gasteiger partial charge in [-0.1, -0.05) is 18.2 Å². The van der Waals surface area contributed by atoms with Crippen molar-refractivity contribution in [3.05, 3.63) is 30.3 Å². The number of carbonyl (C=O) groups is 1. The Hall–Kier alpha value is -0.0903. The molecule has 0 heterocycles. The van der Waals surface area contributed by atoms with Crippen molar-refractivity contribution in [2.75, 3.05) is 6.54 Å². The molecule has 0 amide bonds. The Bertz CT molecular complexity index is 273. The van der Waals surface area contributed by atoms with E-state index in [1.165, 1.54) is 0 Å². The van der Waals surface area contributed by atoms with Gasteiger partial charge >= 0.3 is 43.7 Å². The maximum Gasteiger partial charge on any atom is 2.00 e. The molecule has 1 aromatic rings. The van der Waals surface area contributed by atoms with Crippen molar-refractivity contribution in [2.45, 2.75) is 12.8 Å². The van der Waals surface area contributed by atoms with Gasteiger partial charge in [-0.2, -0.15) is 0 Å². The van der Waals surface area contributed by atoms with E-state index in [0.29, 0.717) is 25.1 Å². The molecule has 0 bridgehead atoms. The summed E-state index contributed by atoms with van der Waals surface area (Å²) in [5.41, 5.74) is 5.26. The van der Waals surface area contributed by atoms with Crippen molar-refractivity contribution in [1.82, 2.24) is 0 Å². The van der Waals surface area contributed by atoms with E-state index in [2.05, 4.69) is 0 Å². The van der Waals surface area contributed by atoms with E-state index in [1.807, 2.05) is 18.2 Å². The van der Waals surface area contributed by atoms with Crippen LogP contribution in [0.4, 0.5) is 0 Å². The van der Waals surface area contributed by atoms with E-state index in [1.54, 1.807) is 12.1 Å². The molecule has 0 atom stereocenters. The normalized spacial score (nSPS) is 8.93. The summed E-state index contributed by atoms with van der Waals surface area (Å²) in [4.78, 5) is 11.1. The largest absolute Gasteiger partial charge is 2.00 e. The third-order valence-corrected chi connectivity index (χ3v) is 1.56. The summed E-state index contributed by atoms with van der Waals surface area (Å²) in [6, 6.07) is 9.02. The van der Waals surface area contributed by atoms with Gasteiger partial charge in [0.15, 0.2) is 0 Å². The van der Waals surface area contributed by atoms with E-state index < -0.39 is 0 Å². The zero-order chi connectivity index (χ0) is 9.52.